The number of thiophene rings is 1. The molecule has 0 aliphatic carbocycles. The van der Waals surface area contributed by atoms with Crippen LogP contribution < -0.4 is 0 Å². The molecule has 0 N–H and O–H groups in total. The Labute approximate surface area is 159 Å². The molecule has 6 heteroatoms. The van der Waals surface area contributed by atoms with Crippen LogP contribution in [-0.4, -0.2) is 22.4 Å². The van der Waals surface area contributed by atoms with Gasteiger partial charge in [-0.3, -0.25) is 9.48 Å². The van der Waals surface area contributed by atoms with Crippen LogP contribution in [0.5, 0.6) is 0 Å². The summed E-state index contributed by atoms with van der Waals surface area (Å²) in [5, 5.41) is 4.48. The van der Waals surface area contributed by atoms with Gasteiger partial charge in [-0.2, -0.15) is 5.10 Å². The van der Waals surface area contributed by atoms with Crippen molar-refractivity contribution in [2.45, 2.75) is 27.3 Å². The van der Waals surface area contributed by atoms with E-state index >= 15 is 0 Å². The molecule has 0 aliphatic heterocycles. The first kappa shape index (κ1) is 17.9. The lowest BCUT2D eigenvalue weighted by Gasteiger charge is -2.06. The lowest BCUT2D eigenvalue weighted by atomic mass is 10.1. The highest BCUT2D eigenvalue weighted by molar-refractivity contribution is 9.10. The predicted molar refractivity (Wildman–Crippen MR) is 105 cm³/mol. The van der Waals surface area contributed by atoms with Crippen LogP contribution in [0.3, 0.4) is 0 Å². The second kappa shape index (κ2) is 7.54. The van der Waals surface area contributed by atoms with Gasteiger partial charge in [-0.15, -0.1) is 11.3 Å². The van der Waals surface area contributed by atoms with Crippen molar-refractivity contribution in [1.82, 2.24) is 9.78 Å². The maximum Gasteiger partial charge on any atom is 0.327 e. The molecular formula is C19H19BrN2O2S. The summed E-state index contributed by atoms with van der Waals surface area (Å²) in [6.07, 6.45) is 0. The lowest BCUT2D eigenvalue weighted by molar-refractivity contribution is -0.144. The number of hydrogen-bond donors (Lipinski definition) is 0. The number of benzene rings is 1. The molecule has 0 saturated carbocycles. The lowest BCUT2D eigenvalue weighted by Crippen LogP contribution is -2.15. The molecule has 0 radical (unpaired) electrons. The number of aryl methyl sites for hydroxylation is 2. The Hall–Kier alpha value is -1.92. The molecule has 4 nitrogen and oxygen atoms in total. The quantitative estimate of drug-likeness (QED) is 0.533. The molecule has 0 amide bonds. The van der Waals surface area contributed by atoms with Gasteiger partial charge in [0, 0.05) is 4.88 Å². The van der Waals surface area contributed by atoms with Crippen molar-refractivity contribution in [2.75, 3.05) is 6.61 Å². The number of hydrogen-bond acceptors (Lipinski definition) is 4. The van der Waals surface area contributed by atoms with Gasteiger partial charge in [-0.25, -0.2) is 0 Å². The van der Waals surface area contributed by atoms with Gasteiger partial charge in [0.2, 0.25) is 0 Å². The van der Waals surface area contributed by atoms with Crippen molar-refractivity contribution < 1.29 is 9.53 Å². The van der Waals surface area contributed by atoms with Crippen LogP contribution in [0.1, 0.15) is 18.2 Å². The van der Waals surface area contributed by atoms with E-state index in [1.807, 2.05) is 6.92 Å². The Morgan fingerprint density at radius 1 is 1.24 bits per heavy atom. The Morgan fingerprint density at radius 3 is 2.72 bits per heavy atom. The van der Waals surface area contributed by atoms with Crippen molar-refractivity contribution in [1.29, 1.82) is 0 Å². The topological polar surface area (TPSA) is 44.1 Å². The van der Waals surface area contributed by atoms with Crippen LogP contribution in [0.25, 0.3) is 21.0 Å². The minimum atomic E-state index is -0.283. The van der Waals surface area contributed by atoms with Crippen LogP contribution in [0.15, 0.2) is 40.9 Å². The third-order valence-electron chi connectivity index (χ3n) is 3.78. The second-order valence-corrected chi connectivity index (χ2v) is 7.62. The van der Waals surface area contributed by atoms with Gasteiger partial charge in [0.15, 0.2) is 0 Å². The fraction of sp³-hybridized carbons (Fsp3) is 0.263. The predicted octanol–water partition coefficient (Wildman–Crippen LogP) is 5.22. The number of ether oxygens (including phenoxy) is 1. The third-order valence-corrected chi connectivity index (χ3v) is 5.87. The van der Waals surface area contributed by atoms with E-state index < -0.39 is 0 Å². The number of rotatable bonds is 5. The number of carbonyl (C=O) groups excluding carboxylic acids is 1. The molecule has 0 bridgehead atoms. The summed E-state index contributed by atoms with van der Waals surface area (Å²) >= 11 is 5.30. The summed E-state index contributed by atoms with van der Waals surface area (Å²) in [5.41, 5.74) is 4.19. The van der Waals surface area contributed by atoms with Gasteiger partial charge in [0.05, 0.1) is 27.3 Å². The molecule has 1 aromatic carbocycles. The Balaban J connectivity index is 1.98. The molecule has 0 saturated heterocycles. The van der Waals surface area contributed by atoms with Crippen molar-refractivity contribution in [2.24, 2.45) is 0 Å². The number of carbonyl (C=O) groups is 1. The summed E-state index contributed by atoms with van der Waals surface area (Å²) in [6.45, 7) is 6.28. The molecule has 25 heavy (non-hydrogen) atoms. The van der Waals surface area contributed by atoms with Crippen molar-refractivity contribution in [3.63, 3.8) is 0 Å². The Bertz CT molecular complexity index is 914. The normalized spacial score (nSPS) is 10.9. The molecule has 2 heterocycles. The van der Waals surface area contributed by atoms with Crippen molar-refractivity contribution >= 4 is 33.2 Å². The summed E-state index contributed by atoms with van der Waals surface area (Å²) < 4.78 is 7.68. The van der Waals surface area contributed by atoms with Gasteiger partial charge < -0.3 is 4.74 Å². The molecule has 0 fully saturated rings. The first-order chi connectivity index (χ1) is 12.0. The summed E-state index contributed by atoms with van der Waals surface area (Å²) in [5.74, 6) is -0.283. The average molecular weight is 419 g/mol. The second-order valence-electron chi connectivity index (χ2n) is 5.74. The summed E-state index contributed by atoms with van der Waals surface area (Å²) in [4.78, 5) is 14.1. The van der Waals surface area contributed by atoms with Crippen LogP contribution in [0, 0.1) is 13.8 Å². The Morgan fingerprint density at radius 2 is 2.00 bits per heavy atom. The highest BCUT2D eigenvalue weighted by atomic mass is 79.9. The molecule has 130 valence electrons. The van der Waals surface area contributed by atoms with E-state index in [0.717, 1.165) is 20.7 Å². The zero-order chi connectivity index (χ0) is 18.0. The molecule has 0 aliphatic rings. The zero-order valence-electron chi connectivity index (χ0n) is 14.4. The van der Waals surface area contributed by atoms with Crippen molar-refractivity contribution in [3.8, 4) is 21.0 Å². The van der Waals surface area contributed by atoms with E-state index in [-0.39, 0.29) is 12.5 Å². The molecule has 2 aromatic heterocycles. The number of halogens is 1. The van der Waals surface area contributed by atoms with Gasteiger partial charge in [-0.1, -0.05) is 29.8 Å². The molecule has 3 rings (SSSR count). The van der Waals surface area contributed by atoms with E-state index in [1.165, 1.54) is 16.0 Å². The molecular weight excluding hydrogens is 400 g/mol. The van der Waals surface area contributed by atoms with Crippen LogP contribution >= 0.6 is 27.3 Å². The summed E-state index contributed by atoms with van der Waals surface area (Å²) in [7, 11) is 0. The number of esters is 1. The van der Waals surface area contributed by atoms with Crippen LogP contribution in [0.4, 0.5) is 0 Å². The number of aromatic nitrogens is 2. The smallest absolute Gasteiger partial charge is 0.327 e. The van der Waals surface area contributed by atoms with Gasteiger partial charge in [-0.05, 0) is 54.4 Å². The minimum absolute atomic E-state index is 0.104. The fourth-order valence-electron chi connectivity index (χ4n) is 2.66. The first-order valence-corrected chi connectivity index (χ1v) is 9.66. The van der Waals surface area contributed by atoms with Gasteiger partial charge in [0.25, 0.3) is 0 Å². The third kappa shape index (κ3) is 3.85. The molecule has 0 atom stereocenters. The molecule has 0 unspecified atom stereocenters. The van der Waals surface area contributed by atoms with E-state index in [4.69, 9.17) is 4.74 Å². The highest BCUT2D eigenvalue weighted by Crippen LogP contribution is 2.39. The summed E-state index contributed by atoms with van der Waals surface area (Å²) in [6, 6.07) is 12.6. The van der Waals surface area contributed by atoms with Crippen molar-refractivity contribution in [3.05, 3.63) is 52.1 Å². The Kier molecular flexibility index (Phi) is 5.39. The SMILES string of the molecule is CCOC(=O)Cn1nc(C)c(Br)c1-c1ccc(-c2cccc(C)c2)s1. The number of nitrogens with zero attached hydrogens (tertiary/aromatic N) is 2. The van der Waals surface area contributed by atoms with Crippen LogP contribution in [-0.2, 0) is 16.1 Å². The van der Waals surface area contributed by atoms with Gasteiger partial charge in [0.1, 0.15) is 6.54 Å². The minimum Gasteiger partial charge on any atom is -0.465 e. The largest absolute Gasteiger partial charge is 0.465 e. The van der Waals surface area contributed by atoms with E-state index in [0.29, 0.717) is 6.61 Å². The molecule has 0 spiro atoms. The highest BCUT2D eigenvalue weighted by Gasteiger charge is 2.19. The van der Waals surface area contributed by atoms with E-state index in [2.05, 4.69) is 64.4 Å². The maximum atomic E-state index is 11.9. The fourth-order valence-corrected chi connectivity index (χ4v) is 4.34. The average Bonchev–Trinajstić information content (AvgIpc) is 3.13. The van der Waals surface area contributed by atoms with Gasteiger partial charge >= 0.3 is 5.97 Å². The van der Waals surface area contributed by atoms with Crippen LogP contribution in [0.2, 0.25) is 0 Å². The molecule has 3 aromatic rings. The van der Waals surface area contributed by atoms with E-state index in [9.17, 15) is 4.79 Å². The zero-order valence-corrected chi connectivity index (χ0v) is 16.8. The monoisotopic (exact) mass is 418 g/mol. The standard InChI is InChI=1S/C19H19BrN2O2S/c1-4-24-17(23)11-22-19(18(20)13(3)21-22)16-9-8-15(25-16)14-7-5-6-12(2)10-14/h5-10H,4,11H2,1-3H3. The maximum absolute atomic E-state index is 11.9. The van der Waals surface area contributed by atoms with E-state index in [1.54, 1.807) is 22.9 Å². The first-order valence-electron chi connectivity index (χ1n) is 8.05.